The number of thioether (sulfide) groups is 1. The molecule has 2 aliphatic heterocycles. The van der Waals surface area contributed by atoms with E-state index in [1.54, 1.807) is 14.2 Å². The van der Waals surface area contributed by atoms with E-state index in [2.05, 4.69) is 0 Å². The average molecular weight is 676 g/mol. The molecule has 6 unspecified atom stereocenters. The van der Waals surface area contributed by atoms with Gasteiger partial charge < -0.3 is 0 Å². The number of methoxy groups -OCH3 is 2. The first kappa shape index (κ1) is 33.1. The van der Waals surface area contributed by atoms with Gasteiger partial charge in [-0.25, -0.2) is 0 Å². The van der Waals surface area contributed by atoms with Crippen molar-refractivity contribution in [3.63, 3.8) is 0 Å². The maximum atomic E-state index is 13.0. The Morgan fingerprint density at radius 2 is 1.49 bits per heavy atom. The van der Waals surface area contributed by atoms with E-state index in [-0.39, 0.29) is 18.0 Å². The van der Waals surface area contributed by atoms with Gasteiger partial charge in [-0.2, -0.15) is 0 Å². The van der Waals surface area contributed by atoms with E-state index in [0.29, 0.717) is 3.83 Å². The van der Waals surface area contributed by atoms with Crippen LogP contribution in [0.15, 0.2) is 65.7 Å². The van der Waals surface area contributed by atoms with Crippen molar-refractivity contribution in [2.45, 2.75) is 75.1 Å². The Morgan fingerprint density at radius 1 is 0.953 bits per heavy atom. The second kappa shape index (κ2) is 14.8. The SMILES string of the molecule is COc1ccc(COC2C(C=CC(=O)O)OC3SC([As](C)C(=O)OC(C)(C)C)=NC3C2OCc2ccc(OC)cc2)cc1. The molecule has 2 aromatic rings. The predicted molar refractivity (Wildman–Crippen MR) is 165 cm³/mol. The third-order valence-corrected chi connectivity index (χ3v) is 12.4. The van der Waals surface area contributed by atoms with Crippen LogP contribution in [0.4, 0.5) is 4.79 Å². The van der Waals surface area contributed by atoms with Crippen molar-refractivity contribution in [2.24, 2.45) is 4.99 Å². The van der Waals surface area contributed by atoms with Gasteiger partial charge in [0.05, 0.1) is 7.11 Å². The van der Waals surface area contributed by atoms with Crippen molar-refractivity contribution in [2.75, 3.05) is 14.2 Å². The quantitative estimate of drug-likeness (QED) is 0.236. The number of carbonyl (C=O) groups is 2. The number of nitrogens with zero attached hydrogens (tertiary/aromatic N) is 1. The standard InChI is InChI=1S/C31H38AsNO9S/c1-31(2,3)42-30(36)32(4)29-33-25-27(40-18-20-9-13-22(38-6)14-10-20)26(23(15-16-24(34)35)41-28(25)43-29)39-17-19-7-11-21(37-5)12-8-19/h7-16,23,25-28H,17-18H2,1-6H3,(H,34,35). The summed E-state index contributed by atoms with van der Waals surface area (Å²) in [6, 6.07) is 14.6. The number of rotatable bonds is 12. The molecular formula is C31H38AsNO9S. The number of hydrogen-bond acceptors (Lipinski definition) is 10. The number of ether oxygens (including phenoxy) is 6. The normalized spacial score (nSPS) is 24.2. The zero-order valence-corrected chi connectivity index (χ0v) is 27.8. The van der Waals surface area contributed by atoms with Crippen LogP contribution < -0.4 is 9.47 Å². The molecule has 0 spiro atoms. The third-order valence-electron chi connectivity index (χ3n) is 6.62. The van der Waals surface area contributed by atoms with E-state index in [9.17, 15) is 14.7 Å². The fourth-order valence-corrected chi connectivity index (χ4v) is 9.42. The van der Waals surface area contributed by atoms with E-state index >= 15 is 0 Å². The molecule has 0 amide bonds. The number of carboxylic acid groups (broad SMARTS) is 1. The van der Waals surface area contributed by atoms with Crippen molar-refractivity contribution in [3.05, 3.63) is 71.8 Å². The molecule has 1 saturated heterocycles. The monoisotopic (exact) mass is 675 g/mol. The van der Waals surface area contributed by atoms with E-state index in [1.807, 2.05) is 75.0 Å². The Bertz CT molecular complexity index is 1310. The van der Waals surface area contributed by atoms with Crippen LogP contribution in [0.1, 0.15) is 31.9 Å². The number of aliphatic imine (C=N–C) groups is 1. The van der Waals surface area contributed by atoms with Gasteiger partial charge in [-0.3, -0.25) is 0 Å². The Labute approximate surface area is 261 Å². The fourth-order valence-electron chi connectivity index (χ4n) is 4.46. The molecule has 2 aromatic carbocycles. The summed E-state index contributed by atoms with van der Waals surface area (Å²) in [5, 5.41) is 9.39. The summed E-state index contributed by atoms with van der Waals surface area (Å²) in [5.74, 6) is 0.360. The molecule has 0 aromatic heterocycles. The molecule has 0 bridgehead atoms. The van der Waals surface area contributed by atoms with E-state index in [0.717, 1.165) is 28.7 Å². The van der Waals surface area contributed by atoms with Crippen molar-refractivity contribution in [3.8, 4) is 11.5 Å². The van der Waals surface area contributed by atoms with Crippen molar-refractivity contribution in [1.82, 2.24) is 0 Å². The minimum atomic E-state index is -2.33. The number of hydrogen-bond donors (Lipinski definition) is 1. The van der Waals surface area contributed by atoms with Crippen LogP contribution in [0.3, 0.4) is 0 Å². The third kappa shape index (κ3) is 9.09. The summed E-state index contributed by atoms with van der Waals surface area (Å²) in [6.45, 7) is 6.00. The minimum absolute atomic E-state index is 0.225. The van der Waals surface area contributed by atoms with Crippen molar-refractivity contribution in [1.29, 1.82) is 0 Å². The Morgan fingerprint density at radius 3 is 1.98 bits per heavy atom. The number of benzene rings is 2. The van der Waals surface area contributed by atoms with Crippen LogP contribution in [-0.2, 0) is 37.0 Å². The molecule has 0 saturated carbocycles. The van der Waals surface area contributed by atoms with Gasteiger partial charge in [0.15, 0.2) is 0 Å². The molecular weight excluding hydrogens is 637 g/mol. The topological polar surface area (TPSA) is 122 Å². The molecule has 1 fully saturated rings. The first-order valence-corrected chi connectivity index (χ1v) is 18.4. The van der Waals surface area contributed by atoms with Crippen molar-refractivity contribution >= 4 is 41.0 Å². The van der Waals surface area contributed by atoms with Crippen LogP contribution in [0, 0.1) is 0 Å². The molecule has 6 atom stereocenters. The molecule has 2 aliphatic rings. The maximum absolute atomic E-state index is 13.0. The number of fused-ring (bicyclic) bond motifs is 1. The number of carboxylic acids is 1. The van der Waals surface area contributed by atoms with Gasteiger partial charge in [-0.15, -0.1) is 0 Å². The van der Waals surface area contributed by atoms with Crippen LogP contribution >= 0.6 is 11.8 Å². The van der Waals surface area contributed by atoms with Gasteiger partial charge in [-0.1, -0.05) is 0 Å². The van der Waals surface area contributed by atoms with Crippen LogP contribution in [0.5, 0.6) is 11.5 Å². The Balaban J connectivity index is 1.63. The first-order chi connectivity index (χ1) is 20.5. The molecule has 0 radical (unpaired) electrons. The second-order valence-corrected chi connectivity index (χ2v) is 16.7. The summed E-state index contributed by atoms with van der Waals surface area (Å²) in [6.07, 6.45) is 0.496. The summed E-state index contributed by atoms with van der Waals surface area (Å²) in [7, 11) is 3.21. The molecule has 0 aliphatic carbocycles. The van der Waals surface area contributed by atoms with E-state index < -0.39 is 56.0 Å². The van der Waals surface area contributed by atoms with Crippen molar-refractivity contribution < 1.29 is 43.1 Å². The second-order valence-electron chi connectivity index (χ2n) is 11.0. The van der Waals surface area contributed by atoms with Crippen LogP contribution in [-0.4, -0.2) is 83.9 Å². The summed E-state index contributed by atoms with van der Waals surface area (Å²) in [4.78, 5) is 29.4. The molecule has 43 heavy (non-hydrogen) atoms. The van der Waals surface area contributed by atoms with Gasteiger partial charge in [0.25, 0.3) is 0 Å². The van der Waals surface area contributed by atoms with E-state index in [4.69, 9.17) is 33.4 Å². The van der Waals surface area contributed by atoms with Crippen LogP contribution in [0.2, 0.25) is 5.71 Å². The zero-order chi connectivity index (χ0) is 31.1. The molecule has 2 heterocycles. The average Bonchev–Trinajstić information content (AvgIpc) is 3.41. The summed E-state index contributed by atoms with van der Waals surface area (Å²) in [5.41, 5.74) is 2.62. The van der Waals surface area contributed by atoms with Crippen LogP contribution in [0.25, 0.3) is 0 Å². The number of aliphatic carboxylic acids is 1. The molecule has 10 nitrogen and oxygen atoms in total. The van der Waals surface area contributed by atoms with Gasteiger partial charge in [-0.05, 0) is 0 Å². The van der Waals surface area contributed by atoms with Gasteiger partial charge in [0.1, 0.15) is 0 Å². The van der Waals surface area contributed by atoms with E-state index in [1.165, 1.54) is 17.8 Å². The Kier molecular flexibility index (Phi) is 11.4. The molecule has 232 valence electrons. The molecule has 1 N–H and O–H groups in total. The molecule has 12 heteroatoms. The first-order valence-electron chi connectivity index (χ1n) is 13.7. The predicted octanol–water partition coefficient (Wildman–Crippen LogP) is 5.23. The summed E-state index contributed by atoms with van der Waals surface area (Å²) >= 11 is -0.942. The van der Waals surface area contributed by atoms with Gasteiger partial charge in [0, 0.05) is 0 Å². The van der Waals surface area contributed by atoms with Gasteiger partial charge in [0.2, 0.25) is 0 Å². The Hall–Kier alpha value is -2.82. The summed E-state index contributed by atoms with van der Waals surface area (Å²) < 4.78 is 36.0. The number of carbonyl (C=O) groups excluding carboxylic acids is 1. The molecule has 4 rings (SSSR count). The van der Waals surface area contributed by atoms with Gasteiger partial charge >= 0.3 is 255 Å². The fraction of sp³-hybridized carbons (Fsp3) is 0.452. The zero-order valence-electron chi connectivity index (χ0n) is 25.1.